The Kier molecular flexibility index (Phi) is 4.15. The van der Waals surface area contributed by atoms with Crippen molar-refractivity contribution in [3.8, 4) is 11.5 Å². The molecule has 1 amide bonds. The molecule has 0 aliphatic rings. The number of aryl methyl sites for hydroxylation is 3. The molecule has 0 unspecified atom stereocenters. The summed E-state index contributed by atoms with van der Waals surface area (Å²) in [6.45, 7) is 5.70. The summed E-state index contributed by atoms with van der Waals surface area (Å²) >= 11 is 0. The van der Waals surface area contributed by atoms with Crippen molar-refractivity contribution in [2.24, 2.45) is 0 Å². The van der Waals surface area contributed by atoms with E-state index in [4.69, 9.17) is 4.52 Å². The number of rotatable bonds is 4. The standard InChI is InChI=1S/C19H18N6O2/c1-11-4-5-12(2)15(8-11)21-18(26)9-17-23-22-16-7-6-14(10-25(16)17)19-20-13(3)24-27-19/h4-8,10H,9H2,1-3H3,(H,21,26). The van der Waals surface area contributed by atoms with Crippen LogP contribution in [0.2, 0.25) is 0 Å². The van der Waals surface area contributed by atoms with Gasteiger partial charge in [0.25, 0.3) is 5.89 Å². The molecule has 3 aromatic heterocycles. The molecule has 0 aliphatic heterocycles. The van der Waals surface area contributed by atoms with Crippen molar-refractivity contribution in [1.82, 2.24) is 24.7 Å². The van der Waals surface area contributed by atoms with Crippen LogP contribution in [-0.4, -0.2) is 30.6 Å². The summed E-state index contributed by atoms with van der Waals surface area (Å²) in [6.07, 6.45) is 1.89. The minimum Gasteiger partial charge on any atom is -0.334 e. The molecule has 0 atom stereocenters. The highest BCUT2D eigenvalue weighted by molar-refractivity contribution is 5.92. The summed E-state index contributed by atoms with van der Waals surface area (Å²) in [5, 5.41) is 15.0. The third kappa shape index (κ3) is 3.41. The van der Waals surface area contributed by atoms with Crippen molar-refractivity contribution in [1.29, 1.82) is 0 Å². The zero-order valence-corrected chi connectivity index (χ0v) is 15.2. The molecule has 0 spiro atoms. The number of hydrogen-bond donors (Lipinski definition) is 1. The van der Waals surface area contributed by atoms with E-state index in [1.165, 1.54) is 0 Å². The van der Waals surface area contributed by atoms with Gasteiger partial charge < -0.3 is 9.84 Å². The van der Waals surface area contributed by atoms with Crippen LogP contribution in [0.4, 0.5) is 5.69 Å². The Morgan fingerprint density at radius 3 is 2.78 bits per heavy atom. The average Bonchev–Trinajstić information content (AvgIpc) is 3.24. The van der Waals surface area contributed by atoms with E-state index in [1.807, 2.05) is 38.1 Å². The summed E-state index contributed by atoms with van der Waals surface area (Å²) in [6, 6.07) is 9.57. The van der Waals surface area contributed by atoms with Gasteiger partial charge in [-0.3, -0.25) is 9.20 Å². The maximum Gasteiger partial charge on any atom is 0.259 e. The van der Waals surface area contributed by atoms with Crippen molar-refractivity contribution in [3.63, 3.8) is 0 Å². The van der Waals surface area contributed by atoms with Crippen LogP contribution < -0.4 is 5.32 Å². The van der Waals surface area contributed by atoms with Gasteiger partial charge in [-0.15, -0.1) is 10.2 Å². The van der Waals surface area contributed by atoms with E-state index < -0.39 is 0 Å². The molecule has 3 heterocycles. The van der Waals surface area contributed by atoms with Gasteiger partial charge in [0.1, 0.15) is 5.82 Å². The van der Waals surface area contributed by atoms with E-state index in [0.29, 0.717) is 23.2 Å². The number of pyridine rings is 1. The number of nitrogens with one attached hydrogen (secondary N) is 1. The Morgan fingerprint density at radius 1 is 1.15 bits per heavy atom. The Balaban J connectivity index is 1.60. The molecule has 0 aliphatic carbocycles. The van der Waals surface area contributed by atoms with Gasteiger partial charge in [-0.2, -0.15) is 4.98 Å². The first-order valence-corrected chi connectivity index (χ1v) is 8.51. The first kappa shape index (κ1) is 16.9. The predicted molar refractivity (Wildman–Crippen MR) is 99.3 cm³/mol. The summed E-state index contributed by atoms with van der Waals surface area (Å²) in [7, 11) is 0. The maximum absolute atomic E-state index is 12.5. The van der Waals surface area contributed by atoms with Gasteiger partial charge in [0.05, 0.1) is 12.0 Å². The molecule has 136 valence electrons. The minimum absolute atomic E-state index is 0.0981. The van der Waals surface area contributed by atoms with Crippen molar-refractivity contribution in [2.75, 3.05) is 5.32 Å². The SMILES string of the molecule is Cc1ccc(C)c(NC(=O)Cc2nnc3ccc(-c4nc(C)no4)cn23)c1. The Morgan fingerprint density at radius 2 is 2.00 bits per heavy atom. The molecule has 0 bridgehead atoms. The molecule has 8 heteroatoms. The smallest absolute Gasteiger partial charge is 0.259 e. The molecule has 0 saturated carbocycles. The van der Waals surface area contributed by atoms with Crippen molar-refractivity contribution < 1.29 is 9.32 Å². The number of hydrogen-bond acceptors (Lipinski definition) is 6. The Bertz CT molecular complexity index is 1140. The zero-order valence-electron chi connectivity index (χ0n) is 15.2. The van der Waals surface area contributed by atoms with E-state index in [1.54, 1.807) is 23.6 Å². The molecular weight excluding hydrogens is 344 g/mol. The molecule has 1 aromatic carbocycles. The van der Waals surface area contributed by atoms with Gasteiger partial charge in [0.15, 0.2) is 11.5 Å². The van der Waals surface area contributed by atoms with Crippen LogP contribution in [0.5, 0.6) is 0 Å². The Labute approximate surface area is 155 Å². The summed E-state index contributed by atoms with van der Waals surface area (Å²) < 4.78 is 6.97. The van der Waals surface area contributed by atoms with Crippen LogP contribution in [0.25, 0.3) is 17.1 Å². The van der Waals surface area contributed by atoms with E-state index in [2.05, 4.69) is 25.7 Å². The molecule has 27 heavy (non-hydrogen) atoms. The van der Waals surface area contributed by atoms with Gasteiger partial charge in [-0.05, 0) is 50.1 Å². The number of carbonyl (C=O) groups excluding carboxylic acids is 1. The fourth-order valence-electron chi connectivity index (χ4n) is 2.81. The molecule has 8 nitrogen and oxygen atoms in total. The predicted octanol–water partition coefficient (Wildman–Crippen LogP) is 2.89. The van der Waals surface area contributed by atoms with Gasteiger partial charge in [0.2, 0.25) is 5.91 Å². The lowest BCUT2D eigenvalue weighted by molar-refractivity contribution is -0.115. The third-order valence-electron chi connectivity index (χ3n) is 4.23. The number of anilines is 1. The minimum atomic E-state index is -0.156. The van der Waals surface area contributed by atoms with Gasteiger partial charge in [0, 0.05) is 11.9 Å². The number of amides is 1. The lowest BCUT2D eigenvalue weighted by atomic mass is 10.1. The lowest BCUT2D eigenvalue weighted by Crippen LogP contribution is -2.17. The second kappa shape index (κ2) is 6.64. The molecule has 1 N–H and O–H groups in total. The second-order valence-electron chi connectivity index (χ2n) is 6.45. The van der Waals surface area contributed by atoms with Crippen LogP contribution in [0.1, 0.15) is 22.8 Å². The number of benzene rings is 1. The normalized spacial score (nSPS) is 11.1. The average molecular weight is 362 g/mol. The fraction of sp³-hybridized carbons (Fsp3) is 0.211. The highest BCUT2D eigenvalue weighted by atomic mass is 16.5. The molecule has 0 saturated heterocycles. The first-order valence-electron chi connectivity index (χ1n) is 8.51. The van der Waals surface area contributed by atoms with Crippen LogP contribution in [-0.2, 0) is 11.2 Å². The number of carbonyl (C=O) groups is 1. The van der Waals surface area contributed by atoms with Gasteiger partial charge >= 0.3 is 0 Å². The summed E-state index contributed by atoms with van der Waals surface area (Å²) in [5.41, 5.74) is 4.27. The van der Waals surface area contributed by atoms with E-state index in [9.17, 15) is 4.79 Å². The molecule has 0 fully saturated rings. The van der Waals surface area contributed by atoms with E-state index >= 15 is 0 Å². The molecule has 4 aromatic rings. The first-order chi connectivity index (χ1) is 13.0. The number of fused-ring (bicyclic) bond motifs is 1. The zero-order chi connectivity index (χ0) is 19.0. The second-order valence-corrected chi connectivity index (χ2v) is 6.45. The largest absolute Gasteiger partial charge is 0.334 e. The van der Waals surface area contributed by atoms with Crippen molar-refractivity contribution in [2.45, 2.75) is 27.2 Å². The fourth-order valence-corrected chi connectivity index (χ4v) is 2.81. The molecular formula is C19H18N6O2. The monoisotopic (exact) mass is 362 g/mol. The maximum atomic E-state index is 12.5. The topological polar surface area (TPSA) is 98.2 Å². The highest BCUT2D eigenvalue weighted by Gasteiger charge is 2.14. The molecule has 4 rings (SSSR count). The Hall–Kier alpha value is -3.55. The van der Waals surface area contributed by atoms with Gasteiger partial charge in [-0.25, -0.2) is 0 Å². The van der Waals surface area contributed by atoms with Crippen LogP contribution in [0, 0.1) is 20.8 Å². The lowest BCUT2D eigenvalue weighted by Gasteiger charge is -2.09. The number of nitrogens with zero attached hydrogens (tertiary/aromatic N) is 5. The van der Waals surface area contributed by atoms with Gasteiger partial charge in [-0.1, -0.05) is 17.3 Å². The van der Waals surface area contributed by atoms with Crippen molar-refractivity contribution >= 4 is 17.2 Å². The number of aromatic nitrogens is 5. The van der Waals surface area contributed by atoms with Crippen LogP contribution >= 0.6 is 0 Å². The van der Waals surface area contributed by atoms with Crippen molar-refractivity contribution in [3.05, 3.63) is 59.3 Å². The highest BCUT2D eigenvalue weighted by Crippen LogP contribution is 2.19. The van der Waals surface area contributed by atoms with Crippen LogP contribution in [0.3, 0.4) is 0 Å². The summed E-state index contributed by atoms with van der Waals surface area (Å²) in [5.74, 6) is 1.35. The van der Waals surface area contributed by atoms with E-state index in [-0.39, 0.29) is 12.3 Å². The van der Waals surface area contributed by atoms with Crippen LogP contribution in [0.15, 0.2) is 41.1 Å². The quantitative estimate of drug-likeness (QED) is 0.599. The third-order valence-corrected chi connectivity index (χ3v) is 4.23. The molecule has 0 radical (unpaired) electrons. The van der Waals surface area contributed by atoms with E-state index in [0.717, 1.165) is 22.4 Å². The summed E-state index contributed by atoms with van der Waals surface area (Å²) in [4.78, 5) is 16.7.